The molecule has 1 saturated carbocycles. The number of nitrogens with one attached hydrogen (secondary N) is 1. The highest BCUT2D eigenvalue weighted by Gasteiger charge is 2.24. The zero-order valence-electron chi connectivity index (χ0n) is 14.6. The lowest BCUT2D eigenvalue weighted by atomic mass is 9.92. The molecule has 0 bridgehead atoms. The normalized spacial score (nSPS) is 19.8. The first kappa shape index (κ1) is 17.8. The van der Waals surface area contributed by atoms with Crippen molar-refractivity contribution in [3.05, 3.63) is 53.4 Å². The van der Waals surface area contributed by atoms with Crippen LogP contribution in [0.4, 0.5) is 4.39 Å². The van der Waals surface area contributed by atoms with Gasteiger partial charge in [0.2, 0.25) is 5.82 Å². The summed E-state index contributed by atoms with van der Waals surface area (Å²) in [6, 6.07) is 10.2. The lowest BCUT2D eigenvalue weighted by Crippen LogP contribution is -2.40. The first-order chi connectivity index (χ1) is 13.1. The molecule has 0 saturated heterocycles. The molecule has 1 aliphatic rings. The van der Waals surface area contributed by atoms with Gasteiger partial charge in [-0.2, -0.15) is 0 Å². The molecule has 4 rings (SSSR count). The Hall–Kier alpha value is -2.58. The summed E-state index contributed by atoms with van der Waals surface area (Å²) < 4.78 is 15.2. The maximum atomic E-state index is 13.7. The van der Waals surface area contributed by atoms with E-state index in [0.29, 0.717) is 11.5 Å². The fourth-order valence-corrected chi connectivity index (χ4v) is 3.97. The molecular formula is C19H20FN5OS. The van der Waals surface area contributed by atoms with E-state index in [1.54, 1.807) is 12.1 Å². The summed E-state index contributed by atoms with van der Waals surface area (Å²) >= 11 is 1.49. The fraction of sp³-hybridized carbons (Fsp3) is 0.316. The van der Waals surface area contributed by atoms with Crippen molar-refractivity contribution in [2.75, 3.05) is 0 Å². The van der Waals surface area contributed by atoms with Gasteiger partial charge in [0, 0.05) is 12.1 Å². The fourth-order valence-electron chi connectivity index (χ4n) is 3.27. The van der Waals surface area contributed by atoms with Crippen LogP contribution in [0.2, 0.25) is 0 Å². The summed E-state index contributed by atoms with van der Waals surface area (Å²) in [4.78, 5) is 18.0. The lowest BCUT2D eigenvalue weighted by molar-refractivity contribution is 0.0915. The molecule has 140 valence electrons. The van der Waals surface area contributed by atoms with Crippen LogP contribution in [0.5, 0.6) is 0 Å². The Morgan fingerprint density at radius 3 is 2.74 bits per heavy atom. The van der Waals surface area contributed by atoms with Crippen molar-refractivity contribution in [3.63, 3.8) is 0 Å². The second kappa shape index (κ2) is 7.58. The molecule has 0 radical (unpaired) electrons. The van der Waals surface area contributed by atoms with Gasteiger partial charge >= 0.3 is 0 Å². The second-order valence-corrected chi connectivity index (χ2v) is 7.66. The SMILES string of the molecule is NC1CCC(NC(=O)c2nc(-c3cccs3)n(-c3cccc(F)c3)n2)CC1. The molecule has 0 aliphatic heterocycles. The Labute approximate surface area is 160 Å². The molecule has 1 fully saturated rings. The van der Waals surface area contributed by atoms with E-state index in [9.17, 15) is 9.18 Å². The molecule has 0 atom stereocenters. The van der Waals surface area contributed by atoms with Crippen LogP contribution in [0.1, 0.15) is 36.3 Å². The Bertz CT molecular complexity index is 931. The number of nitrogens with zero attached hydrogens (tertiary/aromatic N) is 3. The van der Waals surface area contributed by atoms with Gasteiger partial charge in [-0.1, -0.05) is 12.1 Å². The van der Waals surface area contributed by atoms with E-state index in [2.05, 4.69) is 15.4 Å². The van der Waals surface area contributed by atoms with Crippen LogP contribution in [0.15, 0.2) is 41.8 Å². The zero-order chi connectivity index (χ0) is 18.8. The molecule has 0 unspecified atom stereocenters. The van der Waals surface area contributed by atoms with Crippen LogP contribution in [-0.4, -0.2) is 32.8 Å². The average molecular weight is 385 g/mol. The van der Waals surface area contributed by atoms with Gasteiger partial charge in [0.1, 0.15) is 5.82 Å². The van der Waals surface area contributed by atoms with Gasteiger partial charge in [-0.05, 0) is 55.3 Å². The maximum Gasteiger partial charge on any atom is 0.291 e. The molecule has 8 heteroatoms. The van der Waals surface area contributed by atoms with Crippen molar-refractivity contribution in [2.45, 2.75) is 37.8 Å². The van der Waals surface area contributed by atoms with Crippen molar-refractivity contribution in [3.8, 4) is 16.4 Å². The van der Waals surface area contributed by atoms with Gasteiger partial charge in [-0.25, -0.2) is 14.1 Å². The number of rotatable bonds is 4. The monoisotopic (exact) mass is 385 g/mol. The first-order valence-electron chi connectivity index (χ1n) is 8.93. The number of halogens is 1. The molecule has 6 nitrogen and oxygen atoms in total. The van der Waals surface area contributed by atoms with Crippen LogP contribution < -0.4 is 11.1 Å². The molecule has 2 heterocycles. The number of hydrogen-bond donors (Lipinski definition) is 2. The third-order valence-electron chi connectivity index (χ3n) is 4.71. The molecule has 1 aliphatic carbocycles. The summed E-state index contributed by atoms with van der Waals surface area (Å²) in [5.74, 6) is -0.0861. The van der Waals surface area contributed by atoms with E-state index in [4.69, 9.17) is 5.73 Å². The molecule has 3 aromatic rings. The molecule has 2 aromatic heterocycles. The number of benzene rings is 1. The Kier molecular flexibility index (Phi) is 5.00. The maximum absolute atomic E-state index is 13.7. The highest BCUT2D eigenvalue weighted by Crippen LogP contribution is 2.26. The standard InChI is InChI=1S/C19H20FN5OS/c20-12-3-1-4-15(11-12)25-18(16-5-2-10-27-16)23-17(24-25)19(26)22-14-8-6-13(21)7-9-14/h1-5,10-11,13-14H,6-9,21H2,(H,22,26). The zero-order valence-corrected chi connectivity index (χ0v) is 15.5. The Morgan fingerprint density at radius 2 is 2.04 bits per heavy atom. The molecule has 1 aromatic carbocycles. The van der Waals surface area contributed by atoms with Gasteiger partial charge in [-0.3, -0.25) is 4.79 Å². The van der Waals surface area contributed by atoms with Gasteiger partial charge in [0.05, 0.1) is 10.6 Å². The first-order valence-corrected chi connectivity index (χ1v) is 9.81. The molecule has 3 N–H and O–H groups in total. The minimum atomic E-state index is -0.371. The van der Waals surface area contributed by atoms with E-state index in [0.717, 1.165) is 30.6 Å². The summed E-state index contributed by atoms with van der Waals surface area (Å²) in [6.45, 7) is 0. The minimum absolute atomic E-state index is 0.0810. The summed E-state index contributed by atoms with van der Waals surface area (Å²) in [7, 11) is 0. The number of carbonyl (C=O) groups excluding carboxylic acids is 1. The number of hydrogen-bond acceptors (Lipinski definition) is 5. The predicted molar refractivity (Wildman–Crippen MR) is 102 cm³/mol. The van der Waals surface area contributed by atoms with Crippen molar-refractivity contribution in [1.29, 1.82) is 0 Å². The highest BCUT2D eigenvalue weighted by molar-refractivity contribution is 7.13. The van der Waals surface area contributed by atoms with E-state index in [-0.39, 0.29) is 29.6 Å². The van der Waals surface area contributed by atoms with Crippen LogP contribution in [-0.2, 0) is 0 Å². The van der Waals surface area contributed by atoms with Crippen molar-refractivity contribution < 1.29 is 9.18 Å². The largest absolute Gasteiger partial charge is 0.347 e. The Morgan fingerprint density at radius 1 is 1.22 bits per heavy atom. The lowest BCUT2D eigenvalue weighted by Gasteiger charge is -2.26. The van der Waals surface area contributed by atoms with E-state index in [1.807, 2.05) is 17.5 Å². The quantitative estimate of drug-likeness (QED) is 0.722. The topological polar surface area (TPSA) is 85.8 Å². The van der Waals surface area contributed by atoms with Crippen molar-refractivity contribution in [1.82, 2.24) is 20.1 Å². The number of aromatic nitrogens is 3. The van der Waals surface area contributed by atoms with Crippen LogP contribution >= 0.6 is 11.3 Å². The molecule has 27 heavy (non-hydrogen) atoms. The second-order valence-electron chi connectivity index (χ2n) is 6.71. The minimum Gasteiger partial charge on any atom is -0.347 e. The summed E-state index contributed by atoms with van der Waals surface area (Å²) in [6.07, 6.45) is 3.51. The molecule has 0 spiro atoms. The van der Waals surface area contributed by atoms with E-state index >= 15 is 0 Å². The van der Waals surface area contributed by atoms with Crippen LogP contribution in [0.3, 0.4) is 0 Å². The Balaban J connectivity index is 1.64. The smallest absolute Gasteiger partial charge is 0.291 e. The number of carbonyl (C=O) groups is 1. The number of amides is 1. The third kappa shape index (κ3) is 3.91. The average Bonchev–Trinajstić information content (AvgIpc) is 3.33. The van der Waals surface area contributed by atoms with Gasteiger partial charge in [0.15, 0.2) is 5.82 Å². The summed E-state index contributed by atoms with van der Waals surface area (Å²) in [5, 5.41) is 9.29. The van der Waals surface area contributed by atoms with Crippen molar-refractivity contribution in [2.24, 2.45) is 5.73 Å². The van der Waals surface area contributed by atoms with E-state index in [1.165, 1.54) is 28.2 Å². The van der Waals surface area contributed by atoms with Gasteiger partial charge in [0.25, 0.3) is 5.91 Å². The highest BCUT2D eigenvalue weighted by atomic mass is 32.1. The number of thiophene rings is 1. The van der Waals surface area contributed by atoms with Gasteiger partial charge in [-0.15, -0.1) is 16.4 Å². The molecule has 1 amide bonds. The van der Waals surface area contributed by atoms with Crippen molar-refractivity contribution >= 4 is 17.2 Å². The molecular weight excluding hydrogens is 365 g/mol. The van der Waals surface area contributed by atoms with Crippen LogP contribution in [0, 0.1) is 5.82 Å². The predicted octanol–water partition coefficient (Wildman–Crippen LogP) is 3.13. The third-order valence-corrected chi connectivity index (χ3v) is 5.58. The summed E-state index contributed by atoms with van der Waals surface area (Å²) in [5.41, 5.74) is 6.44. The van der Waals surface area contributed by atoms with Crippen LogP contribution in [0.25, 0.3) is 16.4 Å². The van der Waals surface area contributed by atoms with E-state index < -0.39 is 0 Å². The number of nitrogens with two attached hydrogens (primary N) is 1. The van der Waals surface area contributed by atoms with Gasteiger partial charge < -0.3 is 11.1 Å².